The Labute approximate surface area is 136 Å². The first-order chi connectivity index (χ1) is 11.1. The zero-order chi connectivity index (χ0) is 16.4. The third-order valence-electron chi connectivity index (χ3n) is 4.69. The van der Waals surface area contributed by atoms with Crippen LogP contribution in [0, 0.1) is 12.8 Å². The summed E-state index contributed by atoms with van der Waals surface area (Å²) in [7, 11) is 3.88. The maximum atomic E-state index is 12.4. The summed E-state index contributed by atoms with van der Waals surface area (Å²) >= 11 is 0. The highest BCUT2D eigenvalue weighted by Crippen LogP contribution is 2.32. The van der Waals surface area contributed by atoms with Gasteiger partial charge in [0.15, 0.2) is 0 Å². The van der Waals surface area contributed by atoms with Crippen LogP contribution in [0.1, 0.15) is 41.0 Å². The van der Waals surface area contributed by atoms with Crippen molar-refractivity contribution in [2.75, 3.05) is 13.2 Å². The number of carbonyl (C=O) groups is 1. The Bertz CT molecular complexity index is 689. The lowest BCUT2D eigenvalue weighted by atomic mass is 9.93. The highest BCUT2D eigenvalue weighted by molar-refractivity contribution is 5.92. The van der Waals surface area contributed by atoms with Gasteiger partial charge in [0.05, 0.1) is 0 Å². The molecule has 1 N–H and O–H groups in total. The number of hydrogen-bond donors (Lipinski definition) is 1. The van der Waals surface area contributed by atoms with E-state index < -0.39 is 0 Å². The second-order valence-electron chi connectivity index (χ2n) is 6.22. The fraction of sp³-hybridized carbons (Fsp3) is 0.529. The van der Waals surface area contributed by atoms with Gasteiger partial charge in [0.1, 0.15) is 17.6 Å². The van der Waals surface area contributed by atoms with Crippen molar-refractivity contribution < 1.29 is 9.53 Å². The standard InChI is InChI=1S/C17H24N4O2/c1-12-6-7-14(21(12)3)17(22)19-11-13-5-4-10-23-15(13)16-18-8-9-20(16)2/h6-9,13,15H,4-5,10-11H2,1-3H3,(H,19,22)/t13-,15+/m0/s1. The van der Waals surface area contributed by atoms with Crippen molar-refractivity contribution >= 4 is 5.91 Å². The number of rotatable bonds is 4. The summed E-state index contributed by atoms with van der Waals surface area (Å²) in [5, 5.41) is 3.06. The normalized spacial score (nSPS) is 21.3. The lowest BCUT2D eigenvalue weighted by molar-refractivity contribution is -0.0338. The van der Waals surface area contributed by atoms with Gasteiger partial charge in [-0.2, -0.15) is 0 Å². The topological polar surface area (TPSA) is 61.1 Å². The summed E-state index contributed by atoms with van der Waals surface area (Å²) in [5.74, 6) is 1.14. The molecule has 2 aromatic heterocycles. The molecule has 0 aliphatic carbocycles. The molecule has 2 aromatic rings. The largest absolute Gasteiger partial charge is 0.370 e. The minimum Gasteiger partial charge on any atom is -0.370 e. The van der Waals surface area contributed by atoms with Crippen LogP contribution in [0.4, 0.5) is 0 Å². The molecule has 0 spiro atoms. The molecule has 3 rings (SSSR count). The van der Waals surface area contributed by atoms with Crippen molar-refractivity contribution in [2.24, 2.45) is 20.0 Å². The van der Waals surface area contributed by atoms with Gasteiger partial charge in [-0.15, -0.1) is 0 Å². The van der Waals surface area contributed by atoms with Gasteiger partial charge in [-0.05, 0) is 31.9 Å². The first-order valence-electron chi connectivity index (χ1n) is 8.07. The van der Waals surface area contributed by atoms with Crippen molar-refractivity contribution in [3.8, 4) is 0 Å². The summed E-state index contributed by atoms with van der Waals surface area (Å²) in [6, 6.07) is 3.81. The number of ether oxygens (including phenoxy) is 1. The third kappa shape index (κ3) is 3.17. The fourth-order valence-electron chi connectivity index (χ4n) is 3.14. The van der Waals surface area contributed by atoms with Crippen LogP contribution in [0.15, 0.2) is 24.5 Å². The van der Waals surface area contributed by atoms with Crippen molar-refractivity contribution in [1.29, 1.82) is 0 Å². The Hall–Kier alpha value is -2.08. The molecule has 6 heteroatoms. The first kappa shape index (κ1) is 15.8. The third-order valence-corrected chi connectivity index (χ3v) is 4.69. The van der Waals surface area contributed by atoms with E-state index in [0.717, 1.165) is 31.0 Å². The van der Waals surface area contributed by atoms with Crippen LogP contribution in [-0.4, -0.2) is 33.2 Å². The molecule has 1 aliphatic rings. The van der Waals surface area contributed by atoms with E-state index in [0.29, 0.717) is 12.2 Å². The van der Waals surface area contributed by atoms with Crippen LogP contribution in [0.2, 0.25) is 0 Å². The molecule has 1 fully saturated rings. The Morgan fingerprint density at radius 1 is 1.43 bits per heavy atom. The smallest absolute Gasteiger partial charge is 0.267 e. The van der Waals surface area contributed by atoms with E-state index in [-0.39, 0.29) is 17.9 Å². The van der Waals surface area contributed by atoms with Crippen molar-refractivity contribution in [2.45, 2.75) is 25.9 Å². The van der Waals surface area contributed by atoms with Crippen LogP contribution in [0.5, 0.6) is 0 Å². The quantitative estimate of drug-likeness (QED) is 0.938. The van der Waals surface area contributed by atoms with Crippen LogP contribution in [-0.2, 0) is 18.8 Å². The molecule has 0 unspecified atom stereocenters. The predicted molar refractivity (Wildman–Crippen MR) is 87.1 cm³/mol. The number of carbonyl (C=O) groups excluding carboxylic acids is 1. The Balaban J connectivity index is 1.67. The minimum absolute atomic E-state index is 0.0373. The Morgan fingerprint density at radius 2 is 2.26 bits per heavy atom. The van der Waals surface area contributed by atoms with E-state index in [1.807, 2.05) is 48.5 Å². The van der Waals surface area contributed by atoms with Gasteiger partial charge < -0.3 is 19.2 Å². The van der Waals surface area contributed by atoms with Crippen LogP contribution < -0.4 is 5.32 Å². The molecule has 1 aliphatic heterocycles. The van der Waals surface area contributed by atoms with Gasteiger partial charge in [-0.1, -0.05) is 0 Å². The fourth-order valence-corrected chi connectivity index (χ4v) is 3.14. The van der Waals surface area contributed by atoms with Crippen LogP contribution in [0.25, 0.3) is 0 Å². The molecule has 0 radical (unpaired) electrons. The number of imidazole rings is 1. The van der Waals surface area contributed by atoms with Gasteiger partial charge >= 0.3 is 0 Å². The molecule has 6 nitrogen and oxygen atoms in total. The lowest BCUT2D eigenvalue weighted by Gasteiger charge is -2.31. The van der Waals surface area contributed by atoms with E-state index in [1.54, 1.807) is 6.20 Å². The minimum atomic E-state index is -0.0563. The number of hydrogen-bond acceptors (Lipinski definition) is 3. The second-order valence-corrected chi connectivity index (χ2v) is 6.22. The highest BCUT2D eigenvalue weighted by atomic mass is 16.5. The van der Waals surface area contributed by atoms with Gasteiger partial charge in [-0.25, -0.2) is 4.98 Å². The average Bonchev–Trinajstić information content (AvgIpc) is 3.12. The molecule has 0 aromatic carbocycles. The van der Waals surface area contributed by atoms with Crippen LogP contribution >= 0.6 is 0 Å². The number of amides is 1. The van der Waals surface area contributed by atoms with Crippen molar-refractivity contribution in [3.63, 3.8) is 0 Å². The monoisotopic (exact) mass is 316 g/mol. The molecule has 124 valence electrons. The zero-order valence-corrected chi connectivity index (χ0v) is 14.0. The van der Waals surface area contributed by atoms with Gasteiger partial charge in [0.2, 0.25) is 0 Å². The Kier molecular flexibility index (Phi) is 4.52. The number of aryl methyl sites for hydroxylation is 2. The zero-order valence-electron chi connectivity index (χ0n) is 14.0. The highest BCUT2D eigenvalue weighted by Gasteiger charge is 2.30. The number of aromatic nitrogens is 3. The van der Waals surface area contributed by atoms with Gasteiger partial charge in [-0.3, -0.25) is 4.79 Å². The van der Waals surface area contributed by atoms with Gasteiger partial charge in [0, 0.05) is 51.3 Å². The average molecular weight is 316 g/mol. The maximum Gasteiger partial charge on any atom is 0.267 e. The summed E-state index contributed by atoms with van der Waals surface area (Å²) in [5.41, 5.74) is 1.76. The molecule has 3 heterocycles. The predicted octanol–water partition coefficient (Wildman–Crippen LogP) is 1.96. The molecular formula is C17H24N4O2. The molecule has 23 heavy (non-hydrogen) atoms. The molecule has 2 atom stereocenters. The molecular weight excluding hydrogens is 292 g/mol. The van der Waals surface area contributed by atoms with Gasteiger partial charge in [0.25, 0.3) is 5.91 Å². The first-order valence-corrected chi connectivity index (χ1v) is 8.07. The summed E-state index contributed by atoms with van der Waals surface area (Å²) in [6.07, 6.45) is 5.71. The van der Waals surface area contributed by atoms with E-state index in [9.17, 15) is 4.79 Å². The molecule has 1 amide bonds. The number of nitrogens with one attached hydrogen (secondary N) is 1. The Morgan fingerprint density at radius 3 is 2.91 bits per heavy atom. The van der Waals surface area contributed by atoms with Crippen LogP contribution in [0.3, 0.4) is 0 Å². The van der Waals surface area contributed by atoms with Crippen molar-refractivity contribution in [3.05, 3.63) is 41.7 Å². The van der Waals surface area contributed by atoms with E-state index >= 15 is 0 Å². The lowest BCUT2D eigenvalue weighted by Crippen LogP contribution is -2.36. The molecule has 0 bridgehead atoms. The maximum absolute atomic E-state index is 12.4. The second kappa shape index (κ2) is 6.58. The van der Waals surface area contributed by atoms with Crippen molar-refractivity contribution in [1.82, 2.24) is 19.4 Å². The molecule has 1 saturated heterocycles. The SMILES string of the molecule is Cc1ccc(C(=O)NC[C@@H]2CCCO[C@H]2c2nccn2C)n1C. The summed E-state index contributed by atoms with van der Waals surface area (Å²) in [6.45, 7) is 3.34. The summed E-state index contributed by atoms with van der Waals surface area (Å²) in [4.78, 5) is 16.8. The van der Waals surface area contributed by atoms with E-state index in [4.69, 9.17) is 4.74 Å². The van der Waals surface area contributed by atoms with E-state index in [2.05, 4.69) is 10.3 Å². The number of nitrogens with zero attached hydrogens (tertiary/aromatic N) is 3. The van der Waals surface area contributed by atoms with E-state index in [1.165, 1.54) is 0 Å². The molecule has 0 saturated carbocycles. The summed E-state index contributed by atoms with van der Waals surface area (Å²) < 4.78 is 9.84.